The molecule has 2 fully saturated rings. The summed E-state index contributed by atoms with van der Waals surface area (Å²) in [5.41, 5.74) is 4.66. The van der Waals surface area contributed by atoms with Crippen molar-refractivity contribution in [2.45, 2.75) is 82.2 Å². The molecule has 0 saturated heterocycles. The standard InChI is InChI=1S/C41H44O8/c42-27-7-5-6-24(17-27)33-14-12-28(43)18-25(33)16-26-19-32(49-30-10-3-4-11-30)21-35-40(45)37(23-47-41(26)35)36-22-46-38-15-13-31(20-34(38)39(36)44)48-29-8-1-2-9-29/h5-7,12-15,17-21,29-30,36-37,39-40,42-45H,1-4,8-11,16,22-23H2/t36-,37+,39-,40+/m0/s1. The monoisotopic (exact) mass is 664 g/mol. The van der Waals surface area contributed by atoms with E-state index in [1.807, 2.05) is 42.5 Å². The van der Waals surface area contributed by atoms with Gasteiger partial charge in [0.2, 0.25) is 0 Å². The average molecular weight is 665 g/mol. The lowest BCUT2D eigenvalue weighted by Crippen LogP contribution is -2.40. The number of hydrogen-bond donors (Lipinski definition) is 4. The molecule has 4 aromatic rings. The summed E-state index contributed by atoms with van der Waals surface area (Å²) in [7, 11) is 0. The first-order chi connectivity index (χ1) is 23.9. The maximum absolute atomic E-state index is 12.1. The van der Waals surface area contributed by atoms with E-state index in [1.54, 1.807) is 30.3 Å². The minimum atomic E-state index is -0.938. The first-order valence-corrected chi connectivity index (χ1v) is 17.8. The van der Waals surface area contributed by atoms with Crippen molar-refractivity contribution >= 4 is 0 Å². The predicted octanol–water partition coefficient (Wildman–Crippen LogP) is 7.78. The van der Waals surface area contributed by atoms with Crippen LogP contribution in [0, 0.1) is 11.8 Å². The molecular formula is C41H44O8. The average Bonchev–Trinajstić information content (AvgIpc) is 3.81. The summed E-state index contributed by atoms with van der Waals surface area (Å²) in [6.07, 6.45) is 7.56. The number of benzene rings is 4. The van der Waals surface area contributed by atoms with Gasteiger partial charge in [0.1, 0.15) is 34.5 Å². The number of phenolic OH excluding ortho intramolecular Hbond substituents is 2. The number of aromatic hydroxyl groups is 2. The molecule has 2 saturated carbocycles. The molecule has 8 heteroatoms. The summed E-state index contributed by atoms with van der Waals surface area (Å²) in [5.74, 6) is 2.07. The van der Waals surface area contributed by atoms with E-state index in [2.05, 4.69) is 0 Å². The van der Waals surface area contributed by atoms with E-state index in [1.165, 1.54) is 12.8 Å². The second kappa shape index (κ2) is 13.5. The number of rotatable bonds is 8. The zero-order valence-electron chi connectivity index (χ0n) is 27.6. The number of fused-ring (bicyclic) bond motifs is 2. The molecule has 256 valence electrons. The van der Waals surface area contributed by atoms with Gasteiger partial charge < -0.3 is 39.4 Å². The van der Waals surface area contributed by atoms with Gasteiger partial charge in [0.05, 0.1) is 37.6 Å². The lowest BCUT2D eigenvalue weighted by Gasteiger charge is -2.40. The van der Waals surface area contributed by atoms with Crippen LogP contribution < -0.4 is 18.9 Å². The number of aliphatic hydroxyl groups excluding tert-OH is 2. The van der Waals surface area contributed by atoms with Gasteiger partial charge in [-0.05, 0) is 123 Å². The van der Waals surface area contributed by atoms with Crippen molar-refractivity contribution in [2.75, 3.05) is 13.2 Å². The van der Waals surface area contributed by atoms with Crippen LogP contribution in [0.3, 0.4) is 0 Å². The molecule has 4 atom stereocenters. The summed E-state index contributed by atoms with van der Waals surface area (Å²) in [6.45, 7) is 0.446. The Balaban J connectivity index is 1.11. The fourth-order valence-corrected chi connectivity index (χ4v) is 8.25. The van der Waals surface area contributed by atoms with E-state index in [0.717, 1.165) is 66.5 Å². The van der Waals surface area contributed by atoms with Crippen molar-refractivity contribution in [3.05, 3.63) is 95.1 Å². The Morgan fingerprint density at radius 3 is 2.00 bits per heavy atom. The molecule has 0 bridgehead atoms. The molecule has 0 amide bonds. The Morgan fingerprint density at radius 1 is 0.612 bits per heavy atom. The van der Waals surface area contributed by atoms with Crippen LogP contribution in [-0.4, -0.2) is 45.8 Å². The number of hydrogen-bond acceptors (Lipinski definition) is 8. The van der Waals surface area contributed by atoms with E-state index in [0.29, 0.717) is 34.8 Å². The highest BCUT2D eigenvalue weighted by molar-refractivity contribution is 5.70. The highest BCUT2D eigenvalue weighted by Gasteiger charge is 2.43. The first-order valence-electron chi connectivity index (χ1n) is 17.8. The largest absolute Gasteiger partial charge is 0.508 e. The minimum Gasteiger partial charge on any atom is -0.508 e. The molecule has 4 aliphatic rings. The van der Waals surface area contributed by atoms with Crippen LogP contribution in [0.1, 0.15) is 85.8 Å². The van der Waals surface area contributed by atoms with Gasteiger partial charge in [-0.1, -0.05) is 18.2 Å². The molecule has 8 nitrogen and oxygen atoms in total. The fraction of sp³-hybridized carbons (Fsp3) is 0.415. The summed E-state index contributed by atoms with van der Waals surface area (Å²) >= 11 is 0. The quantitative estimate of drug-likeness (QED) is 0.151. The Labute approximate surface area is 286 Å². The molecule has 2 aliphatic carbocycles. The Hall–Kier alpha value is -4.40. The third-order valence-corrected chi connectivity index (χ3v) is 10.8. The second-order valence-corrected chi connectivity index (χ2v) is 14.2. The second-order valence-electron chi connectivity index (χ2n) is 14.2. The number of ether oxygens (including phenoxy) is 4. The zero-order valence-corrected chi connectivity index (χ0v) is 27.6. The Kier molecular flexibility index (Phi) is 8.76. The van der Waals surface area contributed by atoms with Crippen molar-refractivity contribution in [3.63, 3.8) is 0 Å². The van der Waals surface area contributed by atoms with Crippen molar-refractivity contribution in [1.29, 1.82) is 0 Å². The van der Waals surface area contributed by atoms with Crippen LogP contribution in [0.25, 0.3) is 11.1 Å². The molecule has 4 aromatic carbocycles. The molecule has 0 radical (unpaired) electrons. The third-order valence-electron chi connectivity index (χ3n) is 10.8. The molecule has 4 N–H and O–H groups in total. The third kappa shape index (κ3) is 6.52. The van der Waals surface area contributed by atoms with Crippen LogP contribution in [0.5, 0.6) is 34.5 Å². The molecule has 0 unspecified atom stereocenters. The summed E-state index contributed by atoms with van der Waals surface area (Å²) in [5, 5.41) is 44.5. The smallest absolute Gasteiger partial charge is 0.128 e. The van der Waals surface area contributed by atoms with Gasteiger partial charge in [-0.25, -0.2) is 0 Å². The van der Waals surface area contributed by atoms with Gasteiger partial charge in [0.15, 0.2) is 0 Å². The van der Waals surface area contributed by atoms with Gasteiger partial charge in [0, 0.05) is 34.9 Å². The zero-order chi connectivity index (χ0) is 33.5. The van der Waals surface area contributed by atoms with Crippen molar-refractivity contribution in [1.82, 2.24) is 0 Å². The van der Waals surface area contributed by atoms with Crippen LogP contribution in [0.2, 0.25) is 0 Å². The molecule has 49 heavy (non-hydrogen) atoms. The molecule has 2 heterocycles. The lowest BCUT2D eigenvalue weighted by atomic mass is 9.77. The maximum Gasteiger partial charge on any atom is 0.128 e. The van der Waals surface area contributed by atoms with Crippen LogP contribution in [0.15, 0.2) is 72.8 Å². The van der Waals surface area contributed by atoms with E-state index in [9.17, 15) is 20.4 Å². The molecule has 0 aromatic heterocycles. The lowest BCUT2D eigenvalue weighted by molar-refractivity contribution is -0.0555. The predicted molar refractivity (Wildman–Crippen MR) is 185 cm³/mol. The Bertz CT molecular complexity index is 1810. The molecular weight excluding hydrogens is 620 g/mol. The van der Waals surface area contributed by atoms with Gasteiger partial charge in [0.25, 0.3) is 0 Å². The van der Waals surface area contributed by atoms with Gasteiger partial charge in [-0.15, -0.1) is 0 Å². The van der Waals surface area contributed by atoms with E-state index in [4.69, 9.17) is 18.9 Å². The molecule has 8 rings (SSSR count). The first kappa shape index (κ1) is 31.8. The van der Waals surface area contributed by atoms with E-state index < -0.39 is 24.0 Å². The fourth-order valence-electron chi connectivity index (χ4n) is 8.25. The summed E-state index contributed by atoms with van der Waals surface area (Å²) in [4.78, 5) is 0. The Morgan fingerprint density at radius 2 is 1.27 bits per heavy atom. The minimum absolute atomic E-state index is 0.109. The van der Waals surface area contributed by atoms with Crippen LogP contribution in [-0.2, 0) is 6.42 Å². The summed E-state index contributed by atoms with van der Waals surface area (Å²) < 4.78 is 25.4. The SMILES string of the molecule is Oc1cccc(-c2ccc(O)cc2Cc2cc(OC3CCCC3)cc3c2OC[C@H]([C@@H]2COc4ccc(OC5CCCC5)cc4[C@@H]2O)[C@@H]3O)c1. The van der Waals surface area contributed by atoms with Gasteiger partial charge in [-0.3, -0.25) is 0 Å². The highest BCUT2D eigenvalue weighted by atomic mass is 16.5. The van der Waals surface area contributed by atoms with E-state index in [-0.39, 0.29) is 36.9 Å². The van der Waals surface area contributed by atoms with E-state index >= 15 is 0 Å². The normalized spacial score (nSPS) is 23.7. The van der Waals surface area contributed by atoms with Gasteiger partial charge >= 0.3 is 0 Å². The topological polar surface area (TPSA) is 118 Å². The molecule has 0 spiro atoms. The van der Waals surface area contributed by atoms with Crippen molar-refractivity contribution in [3.8, 4) is 45.6 Å². The maximum atomic E-state index is 12.1. The van der Waals surface area contributed by atoms with Crippen LogP contribution >= 0.6 is 0 Å². The van der Waals surface area contributed by atoms with Crippen molar-refractivity contribution in [2.24, 2.45) is 11.8 Å². The number of aliphatic hydroxyl groups is 2. The molecule has 2 aliphatic heterocycles. The summed E-state index contributed by atoms with van der Waals surface area (Å²) in [6, 6.07) is 21.8. The van der Waals surface area contributed by atoms with Crippen LogP contribution in [0.4, 0.5) is 0 Å². The van der Waals surface area contributed by atoms with Gasteiger partial charge in [-0.2, -0.15) is 0 Å². The number of phenols is 2. The van der Waals surface area contributed by atoms with Crippen molar-refractivity contribution < 1.29 is 39.4 Å². The highest BCUT2D eigenvalue weighted by Crippen LogP contribution is 2.49.